The van der Waals surface area contributed by atoms with E-state index in [0.29, 0.717) is 11.7 Å². The Balaban J connectivity index is 2.33. The second kappa shape index (κ2) is 3.98. The Hall–Kier alpha value is -1.10. The average molecular weight is 254 g/mol. The van der Waals surface area contributed by atoms with Crippen LogP contribution in [0.15, 0.2) is 23.2 Å². The molecule has 0 bridgehead atoms. The van der Waals surface area contributed by atoms with E-state index in [1.807, 2.05) is 0 Å². The lowest BCUT2D eigenvalue weighted by molar-refractivity contribution is 0.491. The molecule has 0 aliphatic heterocycles. The largest absolute Gasteiger partial charge is 0.364 e. The van der Waals surface area contributed by atoms with E-state index in [0.717, 1.165) is 0 Å². The molecular formula is C12H18N2O2S. The van der Waals surface area contributed by atoms with Gasteiger partial charge >= 0.3 is 0 Å². The van der Waals surface area contributed by atoms with E-state index in [1.54, 1.807) is 18.3 Å². The lowest BCUT2D eigenvalue weighted by Gasteiger charge is -2.27. The molecular weight excluding hydrogens is 236 g/mol. The predicted octanol–water partition coefficient (Wildman–Crippen LogP) is 2.09. The highest BCUT2D eigenvalue weighted by molar-refractivity contribution is 7.90. The van der Waals surface area contributed by atoms with Crippen molar-refractivity contribution in [1.82, 2.24) is 4.98 Å². The quantitative estimate of drug-likeness (QED) is 0.893. The summed E-state index contributed by atoms with van der Waals surface area (Å²) < 4.78 is 23.3. The molecule has 0 radical (unpaired) electrons. The van der Waals surface area contributed by atoms with E-state index in [-0.39, 0.29) is 10.4 Å². The molecule has 1 aliphatic carbocycles. The van der Waals surface area contributed by atoms with Crippen LogP contribution in [0.5, 0.6) is 0 Å². The summed E-state index contributed by atoms with van der Waals surface area (Å²) in [4.78, 5) is 4.42. The fourth-order valence-electron chi connectivity index (χ4n) is 2.00. The van der Waals surface area contributed by atoms with E-state index in [4.69, 9.17) is 0 Å². The smallest absolute Gasteiger partial charge is 0.179 e. The molecule has 1 aromatic rings. The Morgan fingerprint density at radius 1 is 1.41 bits per heavy atom. The van der Waals surface area contributed by atoms with Crippen molar-refractivity contribution in [2.75, 3.05) is 11.6 Å². The molecule has 0 atom stereocenters. The van der Waals surface area contributed by atoms with Crippen molar-refractivity contribution in [1.29, 1.82) is 0 Å². The summed E-state index contributed by atoms with van der Waals surface area (Å²) >= 11 is 0. The minimum atomic E-state index is -3.24. The molecule has 1 aromatic heterocycles. The third-order valence-corrected chi connectivity index (χ3v) is 4.34. The first-order valence-corrected chi connectivity index (χ1v) is 7.63. The zero-order valence-corrected chi connectivity index (χ0v) is 11.2. The summed E-state index contributed by atoms with van der Waals surface area (Å²) in [5, 5.41) is 3.27. The van der Waals surface area contributed by atoms with Crippen molar-refractivity contribution in [2.24, 2.45) is 5.92 Å². The molecule has 4 nitrogen and oxygen atoms in total. The molecule has 1 heterocycles. The Kier molecular flexibility index (Phi) is 2.89. The van der Waals surface area contributed by atoms with Crippen LogP contribution >= 0.6 is 0 Å². The lowest BCUT2D eigenvalue weighted by atomic mass is 9.99. The summed E-state index contributed by atoms with van der Waals surface area (Å²) in [6, 6.07) is 3.24. The van der Waals surface area contributed by atoms with E-state index in [2.05, 4.69) is 24.1 Å². The van der Waals surface area contributed by atoms with E-state index in [1.165, 1.54) is 19.1 Å². The van der Waals surface area contributed by atoms with Crippen molar-refractivity contribution in [2.45, 2.75) is 37.1 Å². The number of pyridine rings is 1. The standard InChI is InChI=1S/C12H18N2O2S/c1-12(2,9-6-7-9)14-11-10(17(3,15)16)5-4-8-13-11/h4-5,8-9H,6-7H2,1-3H3,(H,13,14). The van der Waals surface area contributed by atoms with Gasteiger partial charge < -0.3 is 5.32 Å². The highest BCUT2D eigenvalue weighted by atomic mass is 32.2. The Morgan fingerprint density at radius 3 is 2.59 bits per heavy atom. The summed E-state index contributed by atoms with van der Waals surface area (Å²) in [7, 11) is -3.24. The van der Waals surface area contributed by atoms with Gasteiger partial charge in [-0.25, -0.2) is 13.4 Å². The maximum atomic E-state index is 11.6. The molecule has 94 valence electrons. The summed E-state index contributed by atoms with van der Waals surface area (Å²) in [5.41, 5.74) is -0.103. The third kappa shape index (κ3) is 2.77. The molecule has 0 aromatic carbocycles. The van der Waals surface area contributed by atoms with Crippen molar-refractivity contribution in [3.05, 3.63) is 18.3 Å². The number of aromatic nitrogens is 1. The molecule has 0 saturated heterocycles. The van der Waals surface area contributed by atoms with Crippen LogP contribution < -0.4 is 5.32 Å². The van der Waals surface area contributed by atoms with E-state index < -0.39 is 9.84 Å². The Bertz CT molecular complexity index is 519. The number of rotatable bonds is 4. The van der Waals surface area contributed by atoms with E-state index in [9.17, 15) is 8.42 Å². The van der Waals surface area contributed by atoms with Gasteiger partial charge in [-0.15, -0.1) is 0 Å². The number of sulfone groups is 1. The fourth-order valence-corrected chi connectivity index (χ4v) is 2.78. The van der Waals surface area contributed by atoms with Crippen molar-refractivity contribution >= 4 is 15.7 Å². The minimum Gasteiger partial charge on any atom is -0.364 e. The summed E-state index contributed by atoms with van der Waals surface area (Å²) in [6.07, 6.45) is 5.21. The van der Waals surface area contributed by atoms with Gasteiger partial charge in [0.25, 0.3) is 0 Å². The fraction of sp³-hybridized carbons (Fsp3) is 0.583. The zero-order valence-electron chi connectivity index (χ0n) is 10.4. The molecule has 17 heavy (non-hydrogen) atoms. The van der Waals surface area contributed by atoms with Crippen molar-refractivity contribution < 1.29 is 8.42 Å². The molecule has 0 spiro atoms. The molecule has 5 heteroatoms. The maximum absolute atomic E-state index is 11.6. The van der Waals surface area contributed by atoms with Crippen molar-refractivity contribution in [3.8, 4) is 0 Å². The minimum absolute atomic E-state index is 0.103. The SMILES string of the molecule is CC(C)(Nc1ncccc1S(C)(=O)=O)C1CC1. The van der Waals surface area contributed by atoms with Crippen LogP contribution in [0, 0.1) is 5.92 Å². The molecule has 1 aliphatic rings. The third-order valence-electron chi connectivity index (χ3n) is 3.21. The molecule has 2 rings (SSSR count). The lowest BCUT2D eigenvalue weighted by Crippen LogP contribution is -2.34. The van der Waals surface area contributed by atoms with Gasteiger partial charge in [-0.05, 0) is 44.7 Å². The van der Waals surface area contributed by atoms with Crippen LogP contribution in [0.4, 0.5) is 5.82 Å². The van der Waals surface area contributed by atoms with Crippen LogP contribution in [0.3, 0.4) is 0 Å². The van der Waals surface area contributed by atoms with Gasteiger partial charge in [0.15, 0.2) is 9.84 Å². The van der Waals surface area contributed by atoms with Gasteiger partial charge in [-0.2, -0.15) is 0 Å². The van der Waals surface area contributed by atoms with Gasteiger partial charge in [0.1, 0.15) is 10.7 Å². The summed E-state index contributed by atoms with van der Waals surface area (Å²) in [6.45, 7) is 4.18. The van der Waals surface area contributed by atoms with E-state index >= 15 is 0 Å². The first-order valence-electron chi connectivity index (χ1n) is 5.74. The Morgan fingerprint density at radius 2 is 2.06 bits per heavy atom. The van der Waals surface area contributed by atoms with Gasteiger partial charge in [0, 0.05) is 18.0 Å². The number of nitrogens with zero attached hydrogens (tertiary/aromatic N) is 1. The predicted molar refractivity (Wildman–Crippen MR) is 67.8 cm³/mol. The number of hydrogen-bond acceptors (Lipinski definition) is 4. The number of nitrogens with one attached hydrogen (secondary N) is 1. The van der Waals surface area contributed by atoms with Crippen LogP contribution in [-0.2, 0) is 9.84 Å². The van der Waals surface area contributed by atoms with Gasteiger partial charge in [-0.3, -0.25) is 0 Å². The molecule has 0 amide bonds. The molecule has 0 unspecified atom stereocenters. The highest BCUT2D eigenvalue weighted by Gasteiger charge is 2.38. The van der Waals surface area contributed by atoms with Crippen LogP contribution in [0.2, 0.25) is 0 Å². The van der Waals surface area contributed by atoms with Gasteiger partial charge in [0.2, 0.25) is 0 Å². The van der Waals surface area contributed by atoms with Crippen LogP contribution in [-0.4, -0.2) is 25.2 Å². The second-order valence-electron chi connectivity index (χ2n) is 5.24. The average Bonchev–Trinajstić information content (AvgIpc) is 2.99. The monoisotopic (exact) mass is 254 g/mol. The van der Waals surface area contributed by atoms with Crippen molar-refractivity contribution in [3.63, 3.8) is 0 Å². The first kappa shape index (κ1) is 12.4. The van der Waals surface area contributed by atoms with Crippen LogP contribution in [0.1, 0.15) is 26.7 Å². The Labute approximate surface area is 102 Å². The van der Waals surface area contributed by atoms with Crippen LogP contribution in [0.25, 0.3) is 0 Å². The number of hydrogen-bond donors (Lipinski definition) is 1. The van der Waals surface area contributed by atoms with Gasteiger partial charge in [0.05, 0.1) is 0 Å². The number of anilines is 1. The first-order chi connectivity index (χ1) is 7.81. The molecule has 1 fully saturated rings. The normalized spacial score (nSPS) is 16.9. The second-order valence-corrected chi connectivity index (χ2v) is 7.23. The maximum Gasteiger partial charge on any atom is 0.179 e. The zero-order chi connectivity index (χ0) is 12.7. The topological polar surface area (TPSA) is 59.1 Å². The summed E-state index contributed by atoms with van der Waals surface area (Å²) in [5.74, 6) is 1.07. The molecule has 1 saturated carbocycles. The molecule has 1 N–H and O–H groups in total. The highest BCUT2D eigenvalue weighted by Crippen LogP contribution is 2.41. The van der Waals surface area contributed by atoms with Gasteiger partial charge in [-0.1, -0.05) is 0 Å².